The topological polar surface area (TPSA) is 66.9 Å². The van der Waals surface area contributed by atoms with Crippen LogP contribution >= 0.6 is 0 Å². The Morgan fingerprint density at radius 2 is 2.07 bits per heavy atom. The standard InChI is InChI=1S/C20H28N2O4S/c23-20(14-21-10-3-6-16-5-1-2-8-19(16)21)22(13-18-7-4-11-26-18)17-9-12-27(24,25)15-17/h1-2,5,8,17-18H,3-4,6-7,9-15H2. The molecule has 2 fully saturated rings. The molecule has 0 aliphatic carbocycles. The van der Waals surface area contributed by atoms with Crippen LogP contribution in [0.5, 0.6) is 0 Å². The predicted molar refractivity (Wildman–Crippen MR) is 105 cm³/mol. The lowest BCUT2D eigenvalue weighted by Crippen LogP contribution is -2.49. The summed E-state index contributed by atoms with van der Waals surface area (Å²) in [6.07, 6.45) is 4.60. The monoisotopic (exact) mass is 392 g/mol. The third-order valence-corrected chi connectivity index (χ3v) is 7.68. The summed E-state index contributed by atoms with van der Waals surface area (Å²) in [6, 6.07) is 8.03. The van der Waals surface area contributed by atoms with Gasteiger partial charge in [0.05, 0.1) is 24.2 Å². The fourth-order valence-electron chi connectivity index (χ4n) is 4.51. The molecule has 27 heavy (non-hydrogen) atoms. The highest BCUT2D eigenvalue weighted by molar-refractivity contribution is 7.91. The van der Waals surface area contributed by atoms with Crippen molar-refractivity contribution >= 4 is 21.4 Å². The number of benzene rings is 1. The van der Waals surface area contributed by atoms with Gasteiger partial charge < -0.3 is 14.5 Å². The van der Waals surface area contributed by atoms with Crippen LogP contribution in [-0.2, 0) is 25.8 Å². The maximum Gasteiger partial charge on any atom is 0.242 e. The summed E-state index contributed by atoms with van der Waals surface area (Å²) in [7, 11) is -3.04. The average molecular weight is 393 g/mol. The Morgan fingerprint density at radius 1 is 1.22 bits per heavy atom. The maximum absolute atomic E-state index is 13.2. The van der Waals surface area contributed by atoms with Crippen LogP contribution in [-0.4, -0.2) is 69.1 Å². The van der Waals surface area contributed by atoms with Gasteiger partial charge in [0.1, 0.15) is 0 Å². The number of sulfone groups is 1. The minimum Gasteiger partial charge on any atom is -0.376 e. The Bertz CT molecular complexity index is 789. The number of fused-ring (bicyclic) bond motifs is 1. The quantitative estimate of drug-likeness (QED) is 0.762. The number of anilines is 1. The van der Waals surface area contributed by atoms with E-state index in [1.807, 2.05) is 12.1 Å². The fourth-order valence-corrected chi connectivity index (χ4v) is 6.24. The van der Waals surface area contributed by atoms with Crippen LogP contribution in [0, 0.1) is 0 Å². The molecular formula is C20H28N2O4S. The van der Waals surface area contributed by atoms with Gasteiger partial charge in [-0.1, -0.05) is 18.2 Å². The number of carbonyl (C=O) groups is 1. The van der Waals surface area contributed by atoms with Gasteiger partial charge in [-0.3, -0.25) is 4.79 Å². The molecule has 2 unspecified atom stereocenters. The molecule has 6 nitrogen and oxygen atoms in total. The molecule has 2 saturated heterocycles. The molecular weight excluding hydrogens is 364 g/mol. The highest BCUT2D eigenvalue weighted by Gasteiger charge is 2.37. The number of ether oxygens (including phenoxy) is 1. The first-order valence-corrected chi connectivity index (χ1v) is 11.8. The molecule has 0 saturated carbocycles. The number of amides is 1. The van der Waals surface area contributed by atoms with Crippen LogP contribution in [0.25, 0.3) is 0 Å². The normalized spacial score (nSPS) is 26.7. The van der Waals surface area contributed by atoms with Crippen molar-refractivity contribution in [3.63, 3.8) is 0 Å². The van der Waals surface area contributed by atoms with Gasteiger partial charge in [-0.25, -0.2) is 8.42 Å². The van der Waals surface area contributed by atoms with Crippen LogP contribution < -0.4 is 4.90 Å². The average Bonchev–Trinajstić information content (AvgIpc) is 3.29. The molecule has 1 aromatic carbocycles. The van der Waals surface area contributed by atoms with Crippen LogP contribution in [0.1, 0.15) is 31.2 Å². The lowest BCUT2D eigenvalue weighted by Gasteiger charge is -2.35. The maximum atomic E-state index is 13.2. The Hall–Kier alpha value is -1.60. The molecule has 0 bridgehead atoms. The Labute approximate surface area is 161 Å². The first-order chi connectivity index (χ1) is 13.0. The van der Waals surface area contributed by atoms with Crippen LogP contribution in [0.15, 0.2) is 24.3 Å². The summed E-state index contributed by atoms with van der Waals surface area (Å²) in [5, 5.41) is 0. The number of hydrogen-bond donors (Lipinski definition) is 0. The first kappa shape index (κ1) is 18.7. The zero-order valence-electron chi connectivity index (χ0n) is 15.7. The van der Waals surface area contributed by atoms with Crippen molar-refractivity contribution in [3.05, 3.63) is 29.8 Å². The lowest BCUT2D eigenvalue weighted by atomic mass is 10.0. The third-order valence-electron chi connectivity index (χ3n) is 5.93. The van der Waals surface area contributed by atoms with Gasteiger partial charge >= 0.3 is 0 Å². The van der Waals surface area contributed by atoms with E-state index in [2.05, 4.69) is 17.0 Å². The molecule has 0 radical (unpaired) electrons. The van der Waals surface area contributed by atoms with E-state index >= 15 is 0 Å². The molecule has 2 atom stereocenters. The minimum absolute atomic E-state index is 0.0179. The summed E-state index contributed by atoms with van der Waals surface area (Å²) < 4.78 is 29.7. The van der Waals surface area contributed by atoms with Gasteiger partial charge in [-0.15, -0.1) is 0 Å². The summed E-state index contributed by atoms with van der Waals surface area (Å²) >= 11 is 0. The van der Waals surface area contributed by atoms with Crippen molar-refractivity contribution in [1.82, 2.24) is 4.90 Å². The van der Waals surface area contributed by atoms with Crippen LogP contribution in [0.2, 0.25) is 0 Å². The first-order valence-electron chi connectivity index (χ1n) is 9.96. The van der Waals surface area contributed by atoms with Gasteiger partial charge in [0.25, 0.3) is 0 Å². The number of carbonyl (C=O) groups excluding carboxylic acids is 1. The molecule has 4 rings (SSSR count). The number of hydrogen-bond acceptors (Lipinski definition) is 5. The Morgan fingerprint density at radius 3 is 2.81 bits per heavy atom. The molecule has 0 spiro atoms. The van der Waals surface area contributed by atoms with Gasteiger partial charge in [0.15, 0.2) is 9.84 Å². The van der Waals surface area contributed by atoms with E-state index < -0.39 is 9.84 Å². The van der Waals surface area contributed by atoms with E-state index in [1.165, 1.54) is 5.56 Å². The zero-order valence-corrected chi connectivity index (χ0v) is 16.5. The summed E-state index contributed by atoms with van der Waals surface area (Å²) in [5.74, 6) is 0.283. The van der Waals surface area contributed by atoms with E-state index in [4.69, 9.17) is 4.74 Å². The van der Waals surface area contributed by atoms with Gasteiger partial charge in [0, 0.05) is 31.4 Å². The van der Waals surface area contributed by atoms with E-state index in [1.54, 1.807) is 4.90 Å². The third kappa shape index (κ3) is 4.29. The molecule has 3 heterocycles. The zero-order chi connectivity index (χ0) is 18.9. The summed E-state index contributed by atoms with van der Waals surface area (Å²) in [5.41, 5.74) is 2.42. The number of rotatable bonds is 5. The van der Waals surface area contributed by atoms with E-state index in [0.717, 1.165) is 44.5 Å². The summed E-state index contributed by atoms with van der Waals surface area (Å²) in [4.78, 5) is 17.2. The van der Waals surface area contributed by atoms with Crippen LogP contribution in [0.3, 0.4) is 0 Å². The van der Waals surface area contributed by atoms with Crippen molar-refractivity contribution in [3.8, 4) is 0 Å². The van der Waals surface area contributed by atoms with Gasteiger partial charge in [-0.05, 0) is 43.7 Å². The highest BCUT2D eigenvalue weighted by atomic mass is 32.2. The van der Waals surface area contributed by atoms with Gasteiger partial charge in [-0.2, -0.15) is 0 Å². The second-order valence-electron chi connectivity index (χ2n) is 7.89. The molecule has 0 aromatic heterocycles. The molecule has 1 amide bonds. The molecule has 148 valence electrons. The largest absolute Gasteiger partial charge is 0.376 e. The van der Waals surface area contributed by atoms with E-state index in [0.29, 0.717) is 19.5 Å². The second-order valence-corrected chi connectivity index (χ2v) is 10.1. The lowest BCUT2D eigenvalue weighted by molar-refractivity contribution is -0.133. The smallest absolute Gasteiger partial charge is 0.242 e. The molecule has 1 aromatic rings. The molecule has 7 heteroatoms. The molecule has 3 aliphatic rings. The molecule has 3 aliphatic heterocycles. The SMILES string of the molecule is O=C(CN1CCCc2ccccc21)N(CC1CCCO1)C1CCS(=O)(=O)C1. The number of nitrogens with zero attached hydrogens (tertiary/aromatic N) is 2. The van der Waals surface area contributed by atoms with Gasteiger partial charge in [0.2, 0.25) is 5.91 Å². The van der Waals surface area contributed by atoms with E-state index in [9.17, 15) is 13.2 Å². The van der Waals surface area contributed by atoms with Crippen molar-refractivity contribution in [1.29, 1.82) is 0 Å². The number of aryl methyl sites for hydroxylation is 1. The second kappa shape index (κ2) is 7.80. The molecule has 0 N–H and O–H groups in total. The highest BCUT2D eigenvalue weighted by Crippen LogP contribution is 2.27. The Kier molecular flexibility index (Phi) is 5.41. The van der Waals surface area contributed by atoms with Crippen LogP contribution in [0.4, 0.5) is 5.69 Å². The number of para-hydroxylation sites is 1. The predicted octanol–water partition coefficient (Wildman–Crippen LogP) is 1.63. The van der Waals surface area contributed by atoms with Crippen molar-refractivity contribution in [2.75, 3.05) is 42.6 Å². The Balaban J connectivity index is 1.50. The van der Waals surface area contributed by atoms with Crippen molar-refractivity contribution < 1.29 is 17.9 Å². The fraction of sp³-hybridized carbons (Fsp3) is 0.650. The minimum atomic E-state index is -3.04. The van der Waals surface area contributed by atoms with Crippen molar-refractivity contribution in [2.45, 2.75) is 44.2 Å². The summed E-state index contributed by atoms with van der Waals surface area (Å²) in [6.45, 7) is 2.41. The van der Waals surface area contributed by atoms with Crippen molar-refractivity contribution in [2.24, 2.45) is 0 Å². The van der Waals surface area contributed by atoms with E-state index in [-0.39, 0.29) is 29.6 Å².